The molecule has 0 unspecified atom stereocenters. The third-order valence-corrected chi connectivity index (χ3v) is 6.26. The summed E-state index contributed by atoms with van der Waals surface area (Å²) < 4.78 is 37.4. The van der Waals surface area contributed by atoms with Crippen LogP contribution in [0.15, 0.2) is 0 Å². The lowest BCUT2D eigenvalue weighted by Crippen LogP contribution is -2.54. The van der Waals surface area contributed by atoms with Crippen LogP contribution in [0, 0.1) is 0 Å². The van der Waals surface area contributed by atoms with E-state index in [1.54, 1.807) is 0 Å². The maximum atomic E-state index is 12.8. The van der Waals surface area contributed by atoms with Gasteiger partial charge in [0.25, 0.3) is 5.92 Å². The fourth-order valence-electron chi connectivity index (χ4n) is 5.04. The molecule has 204 valence electrons. The fourth-order valence-corrected chi connectivity index (χ4v) is 5.04. The van der Waals surface area contributed by atoms with E-state index in [-0.39, 0.29) is 30.0 Å². The van der Waals surface area contributed by atoms with Crippen LogP contribution in [0.2, 0.25) is 0 Å². The average Bonchev–Trinajstić information content (AvgIpc) is 2.60. The Morgan fingerprint density at radius 3 is 1.24 bits per heavy atom. The largest absolute Gasteiger partial charge is 0.309 e. The van der Waals surface area contributed by atoms with Gasteiger partial charge in [-0.25, -0.2) is 13.2 Å². The van der Waals surface area contributed by atoms with Gasteiger partial charge in [0.2, 0.25) is 0 Å². The number of halogens is 3. The summed E-state index contributed by atoms with van der Waals surface area (Å²) in [7, 11) is 0. The highest BCUT2D eigenvalue weighted by Crippen LogP contribution is 2.38. The van der Waals surface area contributed by atoms with Gasteiger partial charge in [0.1, 0.15) is 6.17 Å². The summed E-state index contributed by atoms with van der Waals surface area (Å²) in [6, 6.07) is 1.35. The van der Waals surface area contributed by atoms with E-state index in [1.165, 1.54) is 32.1 Å². The van der Waals surface area contributed by atoms with E-state index < -0.39 is 12.1 Å². The Morgan fingerprint density at radius 2 is 0.882 bits per heavy atom. The first-order valence-corrected chi connectivity index (χ1v) is 13.7. The van der Waals surface area contributed by atoms with Crippen molar-refractivity contribution >= 4 is 0 Å². The van der Waals surface area contributed by atoms with Crippen molar-refractivity contribution in [3.8, 4) is 0 Å². The Morgan fingerprint density at radius 1 is 0.529 bits per heavy atom. The zero-order valence-corrected chi connectivity index (χ0v) is 23.7. The number of hydrogen-bond donors (Lipinski definition) is 3. The first kappa shape index (κ1) is 31.7. The van der Waals surface area contributed by atoms with E-state index in [1.807, 2.05) is 20.8 Å². The normalized spacial score (nSPS) is 26.5. The van der Waals surface area contributed by atoms with Crippen molar-refractivity contribution in [2.45, 2.75) is 180 Å². The van der Waals surface area contributed by atoms with Crippen LogP contribution in [-0.2, 0) is 0 Å². The summed E-state index contributed by atoms with van der Waals surface area (Å²) in [5, 5.41) is 10.3. The van der Waals surface area contributed by atoms with E-state index in [9.17, 15) is 13.2 Å². The molecule has 3 rings (SSSR count). The van der Waals surface area contributed by atoms with Crippen LogP contribution >= 0.6 is 0 Å². The highest BCUT2D eigenvalue weighted by molar-refractivity contribution is 4.94. The second-order valence-corrected chi connectivity index (χ2v) is 13.9. The Kier molecular flexibility index (Phi) is 12.4. The van der Waals surface area contributed by atoms with Gasteiger partial charge in [-0.1, -0.05) is 19.3 Å². The van der Waals surface area contributed by atoms with E-state index in [2.05, 4.69) is 57.5 Å². The van der Waals surface area contributed by atoms with Crippen molar-refractivity contribution in [3.05, 3.63) is 0 Å². The lowest BCUT2D eigenvalue weighted by molar-refractivity contribution is -0.0968. The first-order chi connectivity index (χ1) is 15.3. The third kappa shape index (κ3) is 16.4. The molecule has 3 aliphatic rings. The molecule has 6 heteroatoms. The molecule has 3 nitrogen and oxygen atoms in total. The quantitative estimate of drug-likeness (QED) is 0.382. The standard InChI is InChI=1S/C10H20FN.C10H21N.C8H15F2N/c1-10(2,3)12-9-6-4-8(11)5-7-9;1-10(2,3)11-9-7-5-4-6-8-9;1-7(2,3)11-6-4-8(9,10)5-6/h8-9,12H,4-7H2,1-3H3;9,11H,4-8H2,1-3H3;6,11H,4-5H2,1-3H3. The lowest BCUT2D eigenvalue weighted by atomic mass is 9.86. The minimum Gasteiger partial charge on any atom is -0.309 e. The van der Waals surface area contributed by atoms with Gasteiger partial charge in [-0.05, 0) is 101 Å². The Labute approximate surface area is 209 Å². The number of hydrogen-bond acceptors (Lipinski definition) is 3. The van der Waals surface area contributed by atoms with Crippen LogP contribution in [-0.4, -0.2) is 46.8 Å². The average molecular weight is 492 g/mol. The molecule has 0 amide bonds. The fraction of sp³-hybridized carbons (Fsp3) is 1.00. The second kappa shape index (κ2) is 13.3. The van der Waals surface area contributed by atoms with Crippen molar-refractivity contribution in [2.24, 2.45) is 0 Å². The third-order valence-electron chi connectivity index (χ3n) is 6.26. The molecule has 3 saturated carbocycles. The minimum absolute atomic E-state index is 0.00424. The SMILES string of the molecule is CC(C)(C)NC1CC(F)(F)C1.CC(C)(C)NC1CCC(F)CC1.CC(C)(C)NC1CCCCC1. The summed E-state index contributed by atoms with van der Waals surface area (Å²) in [6.45, 7) is 19.2. The van der Waals surface area contributed by atoms with Crippen molar-refractivity contribution in [2.75, 3.05) is 0 Å². The van der Waals surface area contributed by atoms with Crippen LogP contribution in [0.4, 0.5) is 13.2 Å². The summed E-state index contributed by atoms with van der Waals surface area (Å²) in [4.78, 5) is 0. The Bertz CT molecular complexity index is 539. The van der Waals surface area contributed by atoms with Crippen LogP contribution in [0.5, 0.6) is 0 Å². The molecule has 3 N–H and O–H groups in total. The summed E-state index contributed by atoms with van der Waals surface area (Å²) >= 11 is 0. The molecule has 0 aromatic rings. The molecule has 0 aliphatic heterocycles. The molecule has 0 spiro atoms. The van der Waals surface area contributed by atoms with Crippen LogP contribution < -0.4 is 16.0 Å². The first-order valence-electron chi connectivity index (χ1n) is 13.7. The maximum Gasteiger partial charge on any atom is 0.251 e. The molecular weight excluding hydrogens is 435 g/mol. The molecule has 3 fully saturated rings. The summed E-state index contributed by atoms with van der Waals surface area (Å²) in [6.07, 6.45) is 10.0. The summed E-state index contributed by atoms with van der Waals surface area (Å²) in [5.41, 5.74) is 0.441. The van der Waals surface area contributed by atoms with Crippen LogP contribution in [0.25, 0.3) is 0 Å². The van der Waals surface area contributed by atoms with Gasteiger partial charge in [0.15, 0.2) is 0 Å². The van der Waals surface area contributed by atoms with Crippen LogP contribution in [0.3, 0.4) is 0 Å². The lowest BCUT2D eigenvalue weighted by Gasteiger charge is -2.39. The zero-order chi connectivity index (χ0) is 26.2. The van der Waals surface area contributed by atoms with E-state index in [0.29, 0.717) is 11.6 Å². The second-order valence-electron chi connectivity index (χ2n) is 13.9. The zero-order valence-electron chi connectivity index (χ0n) is 23.7. The summed E-state index contributed by atoms with van der Waals surface area (Å²) in [5.74, 6) is -2.40. The number of alkyl halides is 3. The maximum absolute atomic E-state index is 12.8. The van der Waals surface area contributed by atoms with Gasteiger partial charge < -0.3 is 16.0 Å². The number of rotatable bonds is 3. The van der Waals surface area contributed by atoms with Gasteiger partial charge in [0.05, 0.1) is 0 Å². The molecule has 0 saturated heterocycles. The van der Waals surface area contributed by atoms with Crippen molar-refractivity contribution < 1.29 is 13.2 Å². The van der Waals surface area contributed by atoms with Crippen molar-refractivity contribution in [3.63, 3.8) is 0 Å². The Hall–Kier alpha value is -0.330. The van der Waals surface area contributed by atoms with Gasteiger partial charge in [-0.3, -0.25) is 0 Å². The number of nitrogens with one attached hydrogen (secondary N) is 3. The van der Waals surface area contributed by atoms with Crippen LogP contribution in [0.1, 0.15) is 133 Å². The molecule has 0 aromatic carbocycles. The van der Waals surface area contributed by atoms with Gasteiger partial charge >= 0.3 is 0 Å². The monoisotopic (exact) mass is 491 g/mol. The Balaban J connectivity index is 0.000000255. The molecule has 3 aliphatic carbocycles. The van der Waals surface area contributed by atoms with E-state index >= 15 is 0 Å². The van der Waals surface area contributed by atoms with Gasteiger partial charge in [-0.15, -0.1) is 0 Å². The smallest absolute Gasteiger partial charge is 0.251 e. The van der Waals surface area contributed by atoms with Crippen molar-refractivity contribution in [1.29, 1.82) is 0 Å². The molecule has 0 atom stereocenters. The molecule has 0 bridgehead atoms. The predicted molar refractivity (Wildman–Crippen MR) is 141 cm³/mol. The highest BCUT2D eigenvalue weighted by Gasteiger charge is 2.46. The predicted octanol–water partition coefficient (Wildman–Crippen LogP) is 7.53. The van der Waals surface area contributed by atoms with E-state index in [4.69, 9.17) is 0 Å². The van der Waals surface area contributed by atoms with Gasteiger partial charge in [-0.2, -0.15) is 0 Å². The van der Waals surface area contributed by atoms with Gasteiger partial charge in [0, 0.05) is 47.6 Å². The van der Waals surface area contributed by atoms with Crippen molar-refractivity contribution in [1.82, 2.24) is 16.0 Å². The topological polar surface area (TPSA) is 36.1 Å². The molecule has 34 heavy (non-hydrogen) atoms. The molecular formula is C28H56F3N3. The molecule has 0 radical (unpaired) electrons. The minimum atomic E-state index is -2.40. The molecule has 0 aromatic heterocycles. The highest BCUT2D eigenvalue weighted by atomic mass is 19.3. The van der Waals surface area contributed by atoms with E-state index in [0.717, 1.165) is 31.7 Å². The molecule has 0 heterocycles.